The van der Waals surface area contributed by atoms with Crippen molar-refractivity contribution in [3.63, 3.8) is 0 Å². The maximum absolute atomic E-state index is 14.0. The predicted molar refractivity (Wildman–Crippen MR) is 105 cm³/mol. The number of nitriles is 1. The Morgan fingerprint density at radius 3 is 2.52 bits per heavy atom. The quantitative estimate of drug-likeness (QED) is 0.583. The summed E-state index contributed by atoms with van der Waals surface area (Å²) in [5.41, 5.74) is 6.41. The van der Waals surface area contributed by atoms with E-state index in [0.29, 0.717) is 31.3 Å². The van der Waals surface area contributed by atoms with E-state index in [4.69, 9.17) is 5.73 Å². The summed E-state index contributed by atoms with van der Waals surface area (Å²) >= 11 is 0. The Morgan fingerprint density at radius 1 is 1.10 bits per heavy atom. The van der Waals surface area contributed by atoms with Crippen LogP contribution >= 0.6 is 0 Å². The van der Waals surface area contributed by atoms with Crippen LogP contribution in [0.2, 0.25) is 0 Å². The van der Waals surface area contributed by atoms with E-state index in [1.54, 1.807) is 17.0 Å². The SMILES string of the molecule is N#Cc1c(F)cccc1N1C[C@@H]2C[C@@H]1CN2C(=O)C[C@H](N)Cc1cc(F)c(F)cc1F. The van der Waals surface area contributed by atoms with Gasteiger partial charge in [0.1, 0.15) is 23.3 Å². The molecule has 0 aliphatic carbocycles. The molecule has 3 atom stereocenters. The Balaban J connectivity index is 1.39. The zero-order chi connectivity index (χ0) is 22.3. The van der Waals surface area contributed by atoms with Crippen LogP contribution in [0.25, 0.3) is 0 Å². The second kappa shape index (κ2) is 8.19. The molecule has 0 aromatic heterocycles. The van der Waals surface area contributed by atoms with Crippen LogP contribution in [0.5, 0.6) is 0 Å². The van der Waals surface area contributed by atoms with Crippen LogP contribution in [0.15, 0.2) is 30.3 Å². The van der Waals surface area contributed by atoms with Gasteiger partial charge in [0.25, 0.3) is 0 Å². The molecule has 2 N–H and O–H groups in total. The fourth-order valence-corrected chi connectivity index (χ4v) is 4.55. The Labute approximate surface area is 176 Å². The lowest BCUT2D eigenvalue weighted by Crippen LogP contribution is -2.50. The first-order valence-electron chi connectivity index (χ1n) is 9.92. The molecule has 0 unspecified atom stereocenters. The highest BCUT2D eigenvalue weighted by atomic mass is 19.2. The number of piperazine rings is 1. The van der Waals surface area contributed by atoms with Gasteiger partial charge in [0, 0.05) is 37.7 Å². The van der Waals surface area contributed by atoms with Crippen molar-refractivity contribution in [2.45, 2.75) is 37.4 Å². The standard InChI is InChI=1S/C22H20F4N4O/c23-17-2-1-3-21(16(17)9-27)29-10-15-7-14(29)11-30(15)22(31)6-13(28)4-12-5-19(25)20(26)8-18(12)24/h1-3,5,8,13-15H,4,6-7,10-11,28H2/t13-,14-,15+/m1/s1. The monoisotopic (exact) mass is 432 g/mol. The molecular weight excluding hydrogens is 412 g/mol. The summed E-state index contributed by atoms with van der Waals surface area (Å²) in [7, 11) is 0. The molecule has 2 aromatic rings. The topological polar surface area (TPSA) is 73.4 Å². The number of benzene rings is 2. The number of nitrogens with zero attached hydrogens (tertiary/aromatic N) is 3. The summed E-state index contributed by atoms with van der Waals surface area (Å²) in [6.07, 6.45) is 0.531. The van der Waals surface area contributed by atoms with Crippen molar-refractivity contribution in [3.8, 4) is 6.07 Å². The Bertz CT molecular complexity index is 1070. The summed E-state index contributed by atoms with van der Waals surface area (Å²) in [5.74, 6) is -4.13. The molecule has 0 spiro atoms. The van der Waals surface area contributed by atoms with Crippen molar-refractivity contribution in [2.75, 3.05) is 18.0 Å². The number of fused-ring (bicyclic) bond motifs is 2. The van der Waals surface area contributed by atoms with Crippen LogP contribution in [0, 0.1) is 34.6 Å². The number of anilines is 1. The van der Waals surface area contributed by atoms with Crippen LogP contribution < -0.4 is 10.6 Å². The molecule has 2 aliphatic heterocycles. The molecule has 2 fully saturated rings. The average molecular weight is 432 g/mol. The minimum absolute atomic E-state index is 0.0106. The van der Waals surface area contributed by atoms with Crippen LogP contribution in [0.4, 0.5) is 23.2 Å². The second-order valence-corrected chi connectivity index (χ2v) is 8.01. The third-order valence-corrected chi connectivity index (χ3v) is 5.98. The zero-order valence-corrected chi connectivity index (χ0v) is 16.5. The Morgan fingerprint density at radius 2 is 1.84 bits per heavy atom. The molecule has 5 nitrogen and oxygen atoms in total. The van der Waals surface area contributed by atoms with Crippen LogP contribution in [-0.2, 0) is 11.2 Å². The summed E-state index contributed by atoms with van der Waals surface area (Å²) in [6.45, 7) is 0.888. The molecule has 2 heterocycles. The van der Waals surface area contributed by atoms with Crippen molar-refractivity contribution in [2.24, 2.45) is 5.73 Å². The lowest BCUT2D eigenvalue weighted by molar-refractivity contribution is -0.132. The van der Waals surface area contributed by atoms with E-state index >= 15 is 0 Å². The first-order chi connectivity index (χ1) is 14.8. The third-order valence-electron chi connectivity index (χ3n) is 5.98. The van der Waals surface area contributed by atoms with Crippen LogP contribution in [-0.4, -0.2) is 42.0 Å². The first kappa shape index (κ1) is 21.1. The summed E-state index contributed by atoms with van der Waals surface area (Å²) in [6, 6.07) is 6.72. The Hall–Kier alpha value is -3.12. The van der Waals surface area contributed by atoms with Gasteiger partial charge in [-0.1, -0.05) is 6.07 Å². The van der Waals surface area contributed by atoms with Gasteiger partial charge < -0.3 is 15.5 Å². The normalized spacial score (nSPS) is 20.8. The summed E-state index contributed by atoms with van der Waals surface area (Å²) in [4.78, 5) is 16.4. The maximum atomic E-state index is 14.0. The van der Waals surface area contributed by atoms with Gasteiger partial charge in [-0.05, 0) is 36.6 Å². The molecule has 162 valence electrons. The fourth-order valence-electron chi connectivity index (χ4n) is 4.55. The van der Waals surface area contributed by atoms with Gasteiger partial charge in [0.05, 0.1) is 11.7 Å². The van der Waals surface area contributed by atoms with Crippen LogP contribution in [0.1, 0.15) is 24.0 Å². The number of likely N-dealkylation sites (tertiary alicyclic amines) is 1. The number of rotatable bonds is 5. The minimum atomic E-state index is -1.28. The van der Waals surface area contributed by atoms with E-state index in [9.17, 15) is 27.6 Å². The number of hydrogen-bond donors (Lipinski definition) is 1. The van der Waals surface area contributed by atoms with Crippen LogP contribution in [0.3, 0.4) is 0 Å². The molecule has 31 heavy (non-hydrogen) atoms. The molecule has 4 rings (SSSR count). The van der Waals surface area contributed by atoms with E-state index in [1.165, 1.54) is 6.07 Å². The van der Waals surface area contributed by atoms with Crippen molar-refractivity contribution in [1.29, 1.82) is 5.26 Å². The first-order valence-corrected chi connectivity index (χ1v) is 9.92. The molecule has 0 saturated carbocycles. The van der Waals surface area contributed by atoms with Crippen molar-refractivity contribution < 1.29 is 22.4 Å². The van der Waals surface area contributed by atoms with Gasteiger partial charge in [-0.25, -0.2) is 17.6 Å². The minimum Gasteiger partial charge on any atom is -0.363 e. The van der Waals surface area contributed by atoms with Gasteiger partial charge in [0.15, 0.2) is 11.6 Å². The van der Waals surface area contributed by atoms with Gasteiger partial charge in [0.2, 0.25) is 5.91 Å². The maximum Gasteiger partial charge on any atom is 0.224 e. The lowest BCUT2D eigenvalue weighted by atomic mass is 10.0. The van der Waals surface area contributed by atoms with Gasteiger partial charge in [-0.15, -0.1) is 0 Å². The van der Waals surface area contributed by atoms with E-state index in [0.717, 1.165) is 6.07 Å². The molecule has 2 aromatic carbocycles. The van der Waals surface area contributed by atoms with E-state index in [2.05, 4.69) is 0 Å². The number of amides is 1. The summed E-state index contributed by atoms with van der Waals surface area (Å²) < 4.78 is 54.2. The van der Waals surface area contributed by atoms with Crippen molar-refractivity contribution in [1.82, 2.24) is 4.90 Å². The predicted octanol–water partition coefficient (Wildman–Crippen LogP) is 2.86. The number of nitrogens with two attached hydrogens (primary N) is 1. The lowest BCUT2D eigenvalue weighted by Gasteiger charge is -2.36. The highest BCUT2D eigenvalue weighted by Crippen LogP contribution is 2.37. The molecule has 9 heteroatoms. The number of halogens is 4. The average Bonchev–Trinajstić information content (AvgIpc) is 3.32. The van der Waals surface area contributed by atoms with Gasteiger partial charge in [-0.3, -0.25) is 4.79 Å². The summed E-state index contributed by atoms with van der Waals surface area (Å²) in [5, 5.41) is 9.28. The highest BCUT2D eigenvalue weighted by molar-refractivity contribution is 5.78. The number of hydrogen-bond acceptors (Lipinski definition) is 4. The largest absolute Gasteiger partial charge is 0.363 e. The van der Waals surface area contributed by atoms with E-state index < -0.39 is 29.3 Å². The van der Waals surface area contributed by atoms with Gasteiger partial charge in [-0.2, -0.15) is 5.26 Å². The van der Waals surface area contributed by atoms with E-state index in [1.807, 2.05) is 11.0 Å². The zero-order valence-electron chi connectivity index (χ0n) is 16.5. The molecule has 0 radical (unpaired) electrons. The molecule has 1 amide bonds. The number of carbonyl (C=O) groups excluding carboxylic acids is 1. The number of carbonyl (C=O) groups is 1. The molecular formula is C22H20F4N4O. The molecule has 2 bridgehead atoms. The second-order valence-electron chi connectivity index (χ2n) is 8.01. The highest BCUT2D eigenvalue weighted by Gasteiger charge is 2.46. The van der Waals surface area contributed by atoms with Crippen molar-refractivity contribution in [3.05, 3.63) is 64.7 Å². The van der Waals surface area contributed by atoms with E-state index in [-0.39, 0.29) is 42.0 Å². The Kier molecular flexibility index (Phi) is 5.58. The van der Waals surface area contributed by atoms with Crippen molar-refractivity contribution >= 4 is 11.6 Å². The molecule has 2 aliphatic rings. The molecule has 2 saturated heterocycles. The third kappa shape index (κ3) is 3.95. The van der Waals surface area contributed by atoms with Gasteiger partial charge >= 0.3 is 0 Å². The fraction of sp³-hybridized carbons (Fsp3) is 0.364. The smallest absolute Gasteiger partial charge is 0.224 e.